The monoisotopic (exact) mass is 288 g/mol. The van der Waals surface area contributed by atoms with Gasteiger partial charge in [0.25, 0.3) is 0 Å². The van der Waals surface area contributed by atoms with Crippen LogP contribution < -0.4 is 0 Å². The van der Waals surface area contributed by atoms with Gasteiger partial charge in [-0.2, -0.15) is 0 Å². The lowest BCUT2D eigenvalue weighted by atomic mass is 9.93. The van der Waals surface area contributed by atoms with E-state index in [1.54, 1.807) is 0 Å². The third-order valence-corrected chi connectivity index (χ3v) is 4.08. The Morgan fingerprint density at radius 2 is 1.64 bits per heavy atom. The molecule has 0 amide bonds. The summed E-state index contributed by atoms with van der Waals surface area (Å²) < 4.78 is 0. The molecule has 0 spiro atoms. The summed E-state index contributed by atoms with van der Waals surface area (Å²) in [5, 5.41) is 0. The first-order valence-electron chi connectivity index (χ1n) is 7.97. The topological polar surface area (TPSA) is 25.8 Å². The van der Waals surface area contributed by atoms with Crippen molar-refractivity contribution in [1.29, 1.82) is 0 Å². The minimum Gasteiger partial charge on any atom is -0.226 e. The van der Waals surface area contributed by atoms with Crippen LogP contribution in [0.1, 0.15) is 48.5 Å². The highest BCUT2D eigenvalue weighted by Gasteiger charge is 2.17. The summed E-state index contributed by atoms with van der Waals surface area (Å²) in [4.78, 5) is 9.25. The normalized spacial score (nSPS) is 24.2. The largest absolute Gasteiger partial charge is 0.226 e. The number of rotatable bonds is 1. The maximum absolute atomic E-state index is 5.57. The summed E-state index contributed by atoms with van der Waals surface area (Å²) in [6.45, 7) is 0. The summed E-state index contributed by atoms with van der Waals surface area (Å²) in [5.41, 5.74) is 4.55. The fraction of sp³-hybridized carbons (Fsp3) is 0.300. The van der Waals surface area contributed by atoms with E-state index in [2.05, 4.69) is 28.0 Å². The predicted octanol–water partition coefficient (Wildman–Crippen LogP) is 4.18. The first-order chi connectivity index (χ1) is 10.9. The minimum absolute atomic E-state index is 0.505. The van der Waals surface area contributed by atoms with E-state index in [9.17, 15) is 0 Å². The van der Waals surface area contributed by atoms with Gasteiger partial charge in [-0.15, -0.1) is 6.42 Å². The zero-order valence-electron chi connectivity index (χ0n) is 12.8. The van der Waals surface area contributed by atoms with Crippen LogP contribution in [0.4, 0.5) is 0 Å². The standard InChI is InChI=1S/C20H20N2/c1-2-19-21-18-15-11-7-6-10-14-17(18)20(22-19)16-12-8-4-3-5-9-13-16/h1,3-5,8-9,12-13H,6-7,10-11,14-15H2/b4-3-,5-3?,8-4?,9-5-,12-8-,13-9?,16-12?,16-13+. The van der Waals surface area contributed by atoms with Gasteiger partial charge in [-0.3, -0.25) is 0 Å². The highest BCUT2D eigenvalue weighted by atomic mass is 14.9. The second-order valence-electron chi connectivity index (χ2n) is 5.63. The fourth-order valence-corrected chi connectivity index (χ4v) is 2.98. The summed E-state index contributed by atoms with van der Waals surface area (Å²) >= 11 is 0. The van der Waals surface area contributed by atoms with E-state index in [0.29, 0.717) is 5.82 Å². The van der Waals surface area contributed by atoms with Crippen molar-refractivity contribution in [2.45, 2.75) is 38.5 Å². The van der Waals surface area contributed by atoms with Gasteiger partial charge >= 0.3 is 0 Å². The molecule has 0 aromatic carbocycles. The van der Waals surface area contributed by atoms with Gasteiger partial charge in [-0.05, 0) is 31.6 Å². The molecule has 3 rings (SSSR count). The Morgan fingerprint density at radius 3 is 2.50 bits per heavy atom. The lowest BCUT2D eigenvalue weighted by Gasteiger charge is -2.17. The molecule has 0 saturated heterocycles. The van der Waals surface area contributed by atoms with Crippen LogP contribution in [-0.2, 0) is 12.8 Å². The van der Waals surface area contributed by atoms with E-state index in [-0.39, 0.29) is 0 Å². The number of hydrogen-bond acceptors (Lipinski definition) is 2. The number of nitrogens with zero attached hydrogens (tertiary/aromatic N) is 2. The van der Waals surface area contributed by atoms with Crippen molar-refractivity contribution < 1.29 is 0 Å². The van der Waals surface area contributed by atoms with Crippen LogP contribution in [0.2, 0.25) is 0 Å². The van der Waals surface area contributed by atoms with E-state index >= 15 is 0 Å². The maximum Gasteiger partial charge on any atom is 0.205 e. The average molecular weight is 288 g/mol. The summed E-state index contributed by atoms with van der Waals surface area (Å²) in [6.07, 6.45) is 26.9. The van der Waals surface area contributed by atoms with E-state index in [0.717, 1.165) is 29.8 Å². The van der Waals surface area contributed by atoms with Crippen LogP contribution in [0.5, 0.6) is 0 Å². The molecular formula is C20H20N2. The molecule has 1 aromatic rings. The van der Waals surface area contributed by atoms with Gasteiger partial charge in [-0.25, -0.2) is 9.97 Å². The molecule has 0 atom stereocenters. The molecule has 0 aliphatic heterocycles. The highest BCUT2D eigenvalue weighted by Crippen LogP contribution is 2.27. The minimum atomic E-state index is 0.505. The molecule has 2 heteroatoms. The third kappa shape index (κ3) is 3.26. The number of allylic oxidation sites excluding steroid dienone is 8. The zero-order valence-corrected chi connectivity index (χ0v) is 12.8. The molecule has 1 heterocycles. The first-order valence-corrected chi connectivity index (χ1v) is 7.97. The lowest BCUT2D eigenvalue weighted by Crippen LogP contribution is -2.10. The van der Waals surface area contributed by atoms with Gasteiger partial charge < -0.3 is 0 Å². The molecule has 0 fully saturated rings. The molecule has 0 radical (unpaired) electrons. The summed E-state index contributed by atoms with van der Waals surface area (Å²) in [5.74, 6) is 3.12. The van der Waals surface area contributed by atoms with Crippen LogP contribution >= 0.6 is 0 Å². The van der Waals surface area contributed by atoms with Gasteiger partial charge in [0.2, 0.25) is 5.82 Å². The lowest BCUT2D eigenvalue weighted by molar-refractivity contribution is 0.604. The van der Waals surface area contributed by atoms with Gasteiger partial charge in [0.15, 0.2) is 0 Å². The first kappa shape index (κ1) is 14.5. The van der Waals surface area contributed by atoms with Crippen molar-refractivity contribution in [2.24, 2.45) is 0 Å². The molecule has 1 aromatic heterocycles. The van der Waals surface area contributed by atoms with Crippen molar-refractivity contribution in [1.82, 2.24) is 9.97 Å². The van der Waals surface area contributed by atoms with Gasteiger partial charge in [0.05, 0.1) is 5.69 Å². The number of terminal acetylenes is 1. The fourth-order valence-electron chi connectivity index (χ4n) is 2.98. The van der Waals surface area contributed by atoms with Crippen LogP contribution in [0.15, 0.2) is 42.5 Å². The van der Waals surface area contributed by atoms with Crippen molar-refractivity contribution in [3.05, 3.63) is 65.3 Å². The highest BCUT2D eigenvalue weighted by molar-refractivity contribution is 5.76. The van der Waals surface area contributed by atoms with Gasteiger partial charge in [0, 0.05) is 16.8 Å². The number of hydrogen-bond donors (Lipinski definition) is 0. The Morgan fingerprint density at radius 1 is 0.864 bits per heavy atom. The van der Waals surface area contributed by atoms with Crippen molar-refractivity contribution >= 4 is 5.57 Å². The number of aromatic nitrogens is 2. The quantitative estimate of drug-likeness (QED) is 0.724. The molecule has 0 saturated carbocycles. The third-order valence-electron chi connectivity index (χ3n) is 4.08. The molecule has 2 aliphatic rings. The second-order valence-corrected chi connectivity index (χ2v) is 5.63. The van der Waals surface area contributed by atoms with Crippen molar-refractivity contribution in [3.63, 3.8) is 0 Å². The van der Waals surface area contributed by atoms with Crippen LogP contribution in [-0.4, -0.2) is 9.97 Å². The van der Waals surface area contributed by atoms with E-state index in [4.69, 9.17) is 6.42 Å². The van der Waals surface area contributed by atoms with Gasteiger partial charge in [0.1, 0.15) is 0 Å². The Bertz CT molecular complexity index is 712. The summed E-state index contributed by atoms with van der Waals surface area (Å²) in [7, 11) is 0. The number of aryl methyl sites for hydroxylation is 1. The van der Waals surface area contributed by atoms with E-state index in [1.807, 2.05) is 30.4 Å². The van der Waals surface area contributed by atoms with Crippen LogP contribution in [0.3, 0.4) is 0 Å². The second kappa shape index (κ2) is 7.04. The predicted molar refractivity (Wildman–Crippen MR) is 91.2 cm³/mol. The molecule has 0 N–H and O–H groups in total. The van der Waals surface area contributed by atoms with Gasteiger partial charge in [-0.1, -0.05) is 55.4 Å². The number of fused-ring (bicyclic) bond motifs is 1. The van der Waals surface area contributed by atoms with Crippen LogP contribution in [0, 0.1) is 12.3 Å². The van der Waals surface area contributed by atoms with E-state index < -0.39 is 0 Å². The molecular weight excluding hydrogens is 268 g/mol. The van der Waals surface area contributed by atoms with Crippen molar-refractivity contribution in [3.8, 4) is 12.3 Å². The molecule has 0 bridgehead atoms. The molecule has 22 heavy (non-hydrogen) atoms. The SMILES string of the molecule is C#Cc1nc2c(c(C3=C/C=C\C=C/C=C\3)n1)CCCCCC2. The molecule has 0 unspecified atom stereocenters. The maximum atomic E-state index is 5.57. The summed E-state index contributed by atoms with van der Waals surface area (Å²) in [6, 6.07) is 0. The molecule has 2 aliphatic carbocycles. The Kier molecular flexibility index (Phi) is 4.65. The zero-order chi connectivity index (χ0) is 15.2. The average Bonchev–Trinajstić information content (AvgIpc) is 2.47. The van der Waals surface area contributed by atoms with E-state index in [1.165, 1.54) is 31.2 Å². The smallest absolute Gasteiger partial charge is 0.205 e. The molecule has 2 nitrogen and oxygen atoms in total. The van der Waals surface area contributed by atoms with Crippen molar-refractivity contribution in [2.75, 3.05) is 0 Å². The van der Waals surface area contributed by atoms with Crippen LogP contribution in [0.25, 0.3) is 5.57 Å². The Hall–Kier alpha value is -2.40. The Balaban J connectivity index is 2.12. The molecule has 110 valence electrons. The Labute approximate surface area is 132 Å².